The third-order valence-electron chi connectivity index (χ3n) is 3.10. The molecule has 0 bridgehead atoms. The summed E-state index contributed by atoms with van der Waals surface area (Å²) in [7, 11) is -2.21. The minimum atomic E-state index is -4.28. The average Bonchev–Trinajstić information content (AvgIpc) is 2.53. The number of hydrogen-bond acceptors (Lipinski definition) is 6. The summed E-state index contributed by atoms with van der Waals surface area (Å²) < 4.78 is 28.1. The predicted octanol–water partition coefficient (Wildman–Crippen LogP) is 3.09. The fraction of sp³-hybridized carbons (Fsp3) is 0.467. The van der Waals surface area contributed by atoms with Crippen LogP contribution in [0.5, 0.6) is 0 Å². The maximum atomic E-state index is 12.8. The van der Waals surface area contributed by atoms with Gasteiger partial charge in [0, 0.05) is 24.3 Å². The fourth-order valence-corrected chi connectivity index (χ4v) is 3.60. The maximum absolute atomic E-state index is 12.8. The molecule has 0 amide bonds. The number of halogens is 1. The highest BCUT2D eigenvalue weighted by Crippen LogP contribution is 2.53. The van der Waals surface area contributed by atoms with Crippen LogP contribution in [0.25, 0.3) is 5.53 Å². The van der Waals surface area contributed by atoms with Gasteiger partial charge in [-0.2, -0.15) is 4.79 Å². The van der Waals surface area contributed by atoms with E-state index in [9.17, 15) is 20.0 Å². The summed E-state index contributed by atoms with van der Waals surface area (Å²) in [6, 6.07) is 5.97. The first-order valence-corrected chi connectivity index (χ1v) is 9.44. The first kappa shape index (κ1) is 21.7. The minimum Gasteiger partial charge on any atom is -0.457 e. The van der Waals surface area contributed by atoms with Crippen molar-refractivity contribution in [2.24, 2.45) is 0 Å². The molecule has 0 heterocycles. The molecule has 25 heavy (non-hydrogen) atoms. The highest BCUT2D eigenvalue weighted by atomic mass is 79.9. The molecule has 0 radical (unpaired) electrons. The highest BCUT2D eigenvalue weighted by molar-refractivity contribution is 9.10. The van der Waals surface area contributed by atoms with Gasteiger partial charge in [0.1, 0.15) is 5.60 Å². The van der Waals surface area contributed by atoms with Crippen LogP contribution in [-0.4, -0.2) is 41.1 Å². The topological polar surface area (TPSA) is 118 Å². The quantitative estimate of drug-likeness (QED) is 0.241. The standard InChI is InChI=1S/C15H20BrN2O6P/c1-14(2,3)24-13(19)15(20,10-7-6-8-11(16)9-10)12(18-17)25(21,22-4)23-5/h6-9,20H,1-5H3/t15-/m0/s1. The molecule has 0 unspecified atom stereocenters. The summed E-state index contributed by atoms with van der Waals surface area (Å²) in [4.78, 5) is 15.6. The molecule has 8 nitrogen and oxygen atoms in total. The van der Waals surface area contributed by atoms with Crippen molar-refractivity contribution >= 4 is 34.9 Å². The van der Waals surface area contributed by atoms with Crippen LogP contribution in [0.2, 0.25) is 0 Å². The number of rotatable bonds is 6. The SMILES string of the molecule is COP(=O)(OC)C(=[N+]=[N-])[C@](O)(C(=O)OC(C)(C)C)c1cccc(Br)c1. The zero-order valence-electron chi connectivity index (χ0n) is 14.5. The third kappa shape index (κ3) is 4.64. The minimum absolute atomic E-state index is 0.0433. The Labute approximate surface area is 154 Å². The van der Waals surface area contributed by atoms with E-state index in [4.69, 9.17) is 13.8 Å². The summed E-state index contributed by atoms with van der Waals surface area (Å²) in [5.41, 5.74) is 4.79. The molecule has 0 aliphatic heterocycles. The molecular formula is C15H20BrN2O6P. The predicted molar refractivity (Wildman–Crippen MR) is 94.1 cm³/mol. The van der Waals surface area contributed by atoms with Gasteiger partial charge in [-0.15, -0.1) is 0 Å². The highest BCUT2D eigenvalue weighted by Gasteiger charge is 2.62. The molecule has 1 aromatic rings. The van der Waals surface area contributed by atoms with Crippen molar-refractivity contribution in [2.45, 2.75) is 32.0 Å². The van der Waals surface area contributed by atoms with Crippen molar-refractivity contribution in [3.8, 4) is 0 Å². The summed E-state index contributed by atoms with van der Waals surface area (Å²) >= 11 is 3.22. The lowest BCUT2D eigenvalue weighted by atomic mass is 9.94. The van der Waals surface area contributed by atoms with Crippen LogP contribution in [-0.2, 0) is 28.7 Å². The van der Waals surface area contributed by atoms with Crippen LogP contribution < -0.4 is 0 Å². The van der Waals surface area contributed by atoms with Crippen LogP contribution >= 0.6 is 23.5 Å². The molecule has 0 fully saturated rings. The summed E-state index contributed by atoms with van der Waals surface area (Å²) in [6.07, 6.45) is 0. The molecule has 0 aromatic heterocycles. The van der Waals surface area contributed by atoms with E-state index < -0.39 is 30.2 Å². The van der Waals surface area contributed by atoms with Crippen LogP contribution in [0.15, 0.2) is 28.7 Å². The molecule has 1 atom stereocenters. The second-order valence-corrected chi connectivity index (χ2v) is 9.07. The Balaban J connectivity index is 3.72. The zero-order valence-corrected chi connectivity index (χ0v) is 17.0. The van der Waals surface area contributed by atoms with Gasteiger partial charge in [-0.3, -0.25) is 0 Å². The van der Waals surface area contributed by atoms with Gasteiger partial charge in [0.15, 0.2) is 0 Å². The van der Waals surface area contributed by atoms with E-state index in [2.05, 4.69) is 20.7 Å². The Morgan fingerprint density at radius 3 is 2.24 bits per heavy atom. The number of ether oxygens (including phenoxy) is 1. The van der Waals surface area contributed by atoms with Crippen molar-refractivity contribution in [3.05, 3.63) is 39.8 Å². The monoisotopic (exact) mass is 434 g/mol. The Hall–Kier alpha value is -1.34. The van der Waals surface area contributed by atoms with Crippen LogP contribution in [0.4, 0.5) is 0 Å². The first-order valence-electron chi connectivity index (χ1n) is 7.11. The van der Waals surface area contributed by atoms with Crippen molar-refractivity contribution in [3.63, 3.8) is 0 Å². The van der Waals surface area contributed by atoms with Gasteiger partial charge in [-0.25, -0.2) is 9.36 Å². The maximum Gasteiger partial charge on any atom is 0.441 e. The van der Waals surface area contributed by atoms with Crippen molar-refractivity contribution in [1.29, 1.82) is 0 Å². The normalized spacial score (nSPS) is 14.4. The van der Waals surface area contributed by atoms with E-state index in [-0.39, 0.29) is 5.56 Å². The molecule has 10 heteroatoms. The number of carbonyl (C=O) groups is 1. The Kier molecular flexibility index (Phi) is 6.87. The molecule has 0 saturated heterocycles. The van der Waals surface area contributed by atoms with Gasteiger partial charge in [0.2, 0.25) is 0 Å². The molecule has 0 aliphatic rings. The van der Waals surface area contributed by atoms with Gasteiger partial charge in [0.05, 0.1) is 0 Å². The lowest BCUT2D eigenvalue weighted by Crippen LogP contribution is -2.48. The number of benzene rings is 1. The summed E-state index contributed by atoms with van der Waals surface area (Å²) in [6.45, 7) is 4.77. The largest absolute Gasteiger partial charge is 0.457 e. The molecule has 1 aromatic carbocycles. The van der Waals surface area contributed by atoms with Gasteiger partial charge in [-0.05, 0) is 32.9 Å². The third-order valence-corrected chi connectivity index (χ3v) is 5.48. The zero-order chi connectivity index (χ0) is 19.5. The van der Waals surface area contributed by atoms with Gasteiger partial charge >= 0.3 is 19.0 Å². The lowest BCUT2D eigenvalue weighted by Gasteiger charge is -2.28. The lowest BCUT2D eigenvalue weighted by molar-refractivity contribution is -0.173. The van der Waals surface area contributed by atoms with Crippen molar-refractivity contribution in [1.82, 2.24) is 0 Å². The van der Waals surface area contributed by atoms with Crippen LogP contribution in [0.3, 0.4) is 0 Å². The number of nitrogens with zero attached hydrogens (tertiary/aromatic N) is 2. The second-order valence-electron chi connectivity index (χ2n) is 6.01. The number of carbonyl (C=O) groups excluding carboxylic acids is 1. The number of hydrogen-bond donors (Lipinski definition) is 1. The Morgan fingerprint density at radius 1 is 1.28 bits per heavy atom. The van der Waals surface area contributed by atoms with E-state index in [1.54, 1.807) is 26.8 Å². The Bertz CT molecular complexity index is 749. The summed E-state index contributed by atoms with van der Waals surface area (Å²) in [5.74, 6) is -1.19. The first-order chi connectivity index (χ1) is 11.4. The fourth-order valence-electron chi connectivity index (χ4n) is 1.98. The van der Waals surface area contributed by atoms with Crippen molar-refractivity contribution < 1.29 is 33.0 Å². The molecule has 1 N–H and O–H groups in total. The molecule has 138 valence electrons. The van der Waals surface area contributed by atoms with E-state index in [1.807, 2.05) is 0 Å². The molecule has 0 aliphatic carbocycles. The second kappa shape index (κ2) is 7.91. The summed E-state index contributed by atoms with van der Waals surface area (Å²) in [5, 5.41) is 11.2. The molecule has 0 saturated carbocycles. The average molecular weight is 435 g/mol. The number of aliphatic hydroxyl groups is 1. The van der Waals surface area contributed by atoms with Crippen molar-refractivity contribution in [2.75, 3.05) is 14.2 Å². The molecular weight excluding hydrogens is 415 g/mol. The van der Waals surface area contributed by atoms with E-state index >= 15 is 0 Å². The van der Waals surface area contributed by atoms with E-state index in [0.717, 1.165) is 14.2 Å². The number of esters is 1. The smallest absolute Gasteiger partial charge is 0.441 e. The van der Waals surface area contributed by atoms with E-state index in [1.165, 1.54) is 18.2 Å². The van der Waals surface area contributed by atoms with Crippen LogP contribution in [0, 0.1) is 0 Å². The molecule has 0 spiro atoms. The Morgan fingerprint density at radius 2 is 1.84 bits per heavy atom. The van der Waals surface area contributed by atoms with E-state index in [0.29, 0.717) is 4.47 Å². The molecule has 1 rings (SSSR count). The van der Waals surface area contributed by atoms with Gasteiger partial charge in [-0.1, -0.05) is 28.1 Å². The van der Waals surface area contributed by atoms with Gasteiger partial charge < -0.3 is 24.4 Å². The van der Waals surface area contributed by atoms with Gasteiger partial charge in [0.25, 0.3) is 5.60 Å². The van der Waals surface area contributed by atoms with Crippen LogP contribution in [0.1, 0.15) is 26.3 Å².